The first-order chi connectivity index (χ1) is 6.90. The number of nitrogens with one attached hydrogen (secondary N) is 1. The molecule has 2 heterocycles. The molecule has 0 atom stereocenters. The molecule has 2 rings (SSSR count). The maximum absolute atomic E-state index is 4.24. The minimum Gasteiger partial charge on any atom is -0.314 e. The predicted octanol–water partition coefficient (Wildman–Crippen LogP) is 0.987. The second kappa shape index (κ2) is 4.02. The van der Waals surface area contributed by atoms with Crippen molar-refractivity contribution in [3.63, 3.8) is 0 Å². The lowest BCUT2D eigenvalue weighted by atomic mass is 10.3. The molecule has 2 aromatic heterocycles. The summed E-state index contributed by atoms with van der Waals surface area (Å²) in [5.41, 5.74) is 2.05. The van der Waals surface area contributed by atoms with E-state index in [1.807, 2.05) is 36.1 Å². The molecule has 4 nitrogen and oxygen atoms in total. The fraction of sp³-hybridized carbons (Fsp3) is 0.200. The Kier molecular flexibility index (Phi) is 2.55. The highest BCUT2D eigenvalue weighted by atomic mass is 15.3. The largest absolute Gasteiger partial charge is 0.314 e. The lowest BCUT2D eigenvalue weighted by molar-refractivity contribution is 0.784. The van der Waals surface area contributed by atoms with Gasteiger partial charge in [-0.05, 0) is 25.2 Å². The van der Waals surface area contributed by atoms with Crippen molar-refractivity contribution in [1.82, 2.24) is 20.1 Å². The van der Waals surface area contributed by atoms with Crippen molar-refractivity contribution in [2.45, 2.75) is 6.54 Å². The first kappa shape index (κ1) is 8.90. The minimum absolute atomic E-state index is 0.773. The van der Waals surface area contributed by atoms with Crippen LogP contribution >= 0.6 is 0 Å². The molecule has 0 fully saturated rings. The topological polar surface area (TPSA) is 42.7 Å². The van der Waals surface area contributed by atoms with E-state index >= 15 is 0 Å². The third-order valence-corrected chi connectivity index (χ3v) is 1.93. The molecule has 72 valence electrons. The molecule has 4 heteroatoms. The van der Waals surface area contributed by atoms with E-state index in [2.05, 4.69) is 15.4 Å². The molecule has 0 spiro atoms. The third kappa shape index (κ3) is 1.80. The average molecular weight is 188 g/mol. The Morgan fingerprint density at radius 1 is 1.43 bits per heavy atom. The van der Waals surface area contributed by atoms with Crippen LogP contribution in [0, 0.1) is 0 Å². The summed E-state index contributed by atoms with van der Waals surface area (Å²) in [4.78, 5) is 4.24. The molecule has 0 aliphatic rings. The molecule has 0 aromatic carbocycles. The average Bonchev–Trinajstić information content (AvgIpc) is 2.71. The molecular formula is C10H12N4. The lowest BCUT2D eigenvalue weighted by Crippen LogP contribution is -2.07. The lowest BCUT2D eigenvalue weighted by Gasteiger charge is -2.03. The highest BCUT2D eigenvalue weighted by Gasteiger charge is 1.98. The summed E-state index contributed by atoms with van der Waals surface area (Å²) in [6.07, 6.45) is 5.47. The van der Waals surface area contributed by atoms with Gasteiger partial charge in [0.2, 0.25) is 0 Å². The van der Waals surface area contributed by atoms with Gasteiger partial charge < -0.3 is 5.32 Å². The van der Waals surface area contributed by atoms with Gasteiger partial charge in [0.05, 0.1) is 11.4 Å². The van der Waals surface area contributed by atoms with Gasteiger partial charge in [0, 0.05) is 25.1 Å². The van der Waals surface area contributed by atoms with Crippen LogP contribution in [0.25, 0.3) is 5.69 Å². The van der Waals surface area contributed by atoms with Crippen LogP contribution in [0.4, 0.5) is 0 Å². The number of pyridine rings is 1. The molecule has 0 amide bonds. The van der Waals surface area contributed by atoms with Crippen LogP contribution in [0.2, 0.25) is 0 Å². The summed E-state index contributed by atoms with van der Waals surface area (Å²) in [5.74, 6) is 0. The van der Waals surface area contributed by atoms with Crippen molar-refractivity contribution in [3.8, 4) is 5.69 Å². The molecule has 14 heavy (non-hydrogen) atoms. The Balaban J connectivity index is 2.31. The molecule has 0 saturated carbocycles. The number of hydrogen-bond donors (Lipinski definition) is 1. The van der Waals surface area contributed by atoms with E-state index in [4.69, 9.17) is 0 Å². The van der Waals surface area contributed by atoms with Crippen molar-refractivity contribution in [1.29, 1.82) is 0 Å². The Morgan fingerprint density at radius 3 is 3.07 bits per heavy atom. The van der Waals surface area contributed by atoms with Crippen molar-refractivity contribution < 1.29 is 0 Å². The van der Waals surface area contributed by atoms with Gasteiger partial charge in [-0.3, -0.25) is 4.98 Å². The zero-order chi connectivity index (χ0) is 9.80. The molecule has 0 radical (unpaired) electrons. The predicted molar refractivity (Wildman–Crippen MR) is 54.1 cm³/mol. The van der Waals surface area contributed by atoms with Crippen LogP contribution in [0.3, 0.4) is 0 Å². The van der Waals surface area contributed by atoms with E-state index in [1.54, 1.807) is 12.4 Å². The van der Waals surface area contributed by atoms with Gasteiger partial charge in [0.1, 0.15) is 0 Å². The van der Waals surface area contributed by atoms with Crippen molar-refractivity contribution in [2.75, 3.05) is 7.05 Å². The number of aromatic nitrogens is 3. The SMILES string of the molecule is CNCc1cc(-n2cccn2)ccn1. The van der Waals surface area contributed by atoms with Gasteiger partial charge in [0.25, 0.3) is 0 Å². The van der Waals surface area contributed by atoms with Crippen molar-refractivity contribution in [3.05, 3.63) is 42.5 Å². The van der Waals surface area contributed by atoms with E-state index in [9.17, 15) is 0 Å². The molecule has 0 saturated heterocycles. The number of hydrogen-bond acceptors (Lipinski definition) is 3. The van der Waals surface area contributed by atoms with Gasteiger partial charge in [-0.25, -0.2) is 4.68 Å². The number of nitrogens with zero attached hydrogens (tertiary/aromatic N) is 3. The Bertz CT molecular complexity index is 394. The number of rotatable bonds is 3. The summed E-state index contributed by atoms with van der Waals surface area (Å²) >= 11 is 0. The Hall–Kier alpha value is -1.68. The first-order valence-electron chi connectivity index (χ1n) is 4.49. The second-order valence-corrected chi connectivity index (χ2v) is 2.99. The van der Waals surface area contributed by atoms with E-state index in [-0.39, 0.29) is 0 Å². The van der Waals surface area contributed by atoms with Crippen LogP contribution in [0.5, 0.6) is 0 Å². The monoisotopic (exact) mass is 188 g/mol. The van der Waals surface area contributed by atoms with Crippen LogP contribution in [-0.4, -0.2) is 21.8 Å². The summed E-state index contributed by atoms with van der Waals surface area (Å²) in [7, 11) is 1.91. The molecule has 0 unspecified atom stereocenters. The van der Waals surface area contributed by atoms with Gasteiger partial charge in [0.15, 0.2) is 0 Å². The summed E-state index contributed by atoms with van der Waals surface area (Å²) in [6, 6.07) is 5.85. The zero-order valence-corrected chi connectivity index (χ0v) is 8.01. The second-order valence-electron chi connectivity index (χ2n) is 2.99. The zero-order valence-electron chi connectivity index (χ0n) is 8.01. The van der Waals surface area contributed by atoms with E-state index < -0.39 is 0 Å². The summed E-state index contributed by atoms with van der Waals surface area (Å²) in [6.45, 7) is 0.773. The highest BCUT2D eigenvalue weighted by Crippen LogP contribution is 2.06. The standard InChI is InChI=1S/C10H12N4/c1-11-8-9-7-10(3-5-12-9)14-6-2-4-13-14/h2-7,11H,8H2,1H3. The molecule has 0 aliphatic heterocycles. The molecule has 1 N–H and O–H groups in total. The fourth-order valence-electron chi connectivity index (χ4n) is 1.31. The van der Waals surface area contributed by atoms with Crippen molar-refractivity contribution >= 4 is 0 Å². The maximum Gasteiger partial charge on any atom is 0.0679 e. The van der Waals surface area contributed by atoms with Crippen LogP contribution in [0.15, 0.2) is 36.8 Å². The molecule has 0 bridgehead atoms. The van der Waals surface area contributed by atoms with Gasteiger partial charge in [-0.15, -0.1) is 0 Å². The van der Waals surface area contributed by atoms with Crippen LogP contribution < -0.4 is 5.32 Å². The van der Waals surface area contributed by atoms with E-state index in [0.717, 1.165) is 17.9 Å². The maximum atomic E-state index is 4.24. The summed E-state index contributed by atoms with van der Waals surface area (Å²) < 4.78 is 1.82. The van der Waals surface area contributed by atoms with Crippen LogP contribution in [0.1, 0.15) is 5.69 Å². The van der Waals surface area contributed by atoms with Crippen LogP contribution in [-0.2, 0) is 6.54 Å². The highest BCUT2D eigenvalue weighted by molar-refractivity contribution is 5.30. The van der Waals surface area contributed by atoms with Gasteiger partial charge >= 0.3 is 0 Å². The third-order valence-electron chi connectivity index (χ3n) is 1.93. The first-order valence-corrected chi connectivity index (χ1v) is 4.49. The quantitative estimate of drug-likeness (QED) is 0.781. The fourth-order valence-corrected chi connectivity index (χ4v) is 1.31. The smallest absolute Gasteiger partial charge is 0.0679 e. The van der Waals surface area contributed by atoms with Gasteiger partial charge in [-0.2, -0.15) is 5.10 Å². The Labute approximate surface area is 82.6 Å². The van der Waals surface area contributed by atoms with E-state index in [1.165, 1.54) is 0 Å². The van der Waals surface area contributed by atoms with Gasteiger partial charge in [-0.1, -0.05) is 0 Å². The van der Waals surface area contributed by atoms with Crippen molar-refractivity contribution in [2.24, 2.45) is 0 Å². The van der Waals surface area contributed by atoms with E-state index in [0.29, 0.717) is 0 Å². The molecular weight excluding hydrogens is 176 g/mol. The molecule has 0 aliphatic carbocycles. The minimum atomic E-state index is 0.773. The Morgan fingerprint density at radius 2 is 2.36 bits per heavy atom. The molecule has 2 aromatic rings. The summed E-state index contributed by atoms with van der Waals surface area (Å²) in [5, 5.41) is 7.22. The normalized spacial score (nSPS) is 10.4.